The number of carbonyl (C=O) groups is 1. The number of aromatic nitrogens is 2. The summed E-state index contributed by atoms with van der Waals surface area (Å²) >= 11 is 7.11. The Morgan fingerprint density at radius 3 is 2.96 bits per heavy atom. The molecule has 0 spiro atoms. The number of nitrogens with zero attached hydrogens (tertiary/aromatic N) is 2. The van der Waals surface area contributed by atoms with Crippen LogP contribution in [-0.2, 0) is 11.2 Å². The molecule has 0 unspecified atom stereocenters. The van der Waals surface area contributed by atoms with E-state index in [4.69, 9.17) is 11.6 Å². The minimum Gasteiger partial charge on any atom is -0.323 e. The lowest BCUT2D eigenvalue weighted by molar-refractivity contribution is -0.115. The van der Waals surface area contributed by atoms with E-state index < -0.39 is 5.82 Å². The van der Waals surface area contributed by atoms with Crippen LogP contribution in [0, 0.1) is 5.82 Å². The molecule has 2 heterocycles. The van der Waals surface area contributed by atoms with Gasteiger partial charge in [0, 0.05) is 28.4 Å². The molecule has 2 aromatic heterocycles. The largest absolute Gasteiger partial charge is 0.323 e. The zero-order chi connectivity index (χ0) is 16.2. The Balaban J connectivity index is 1.68. The van der Waals surface area contributed by atoms with Gasteiger partial charge >= 0.3 is 0 Å². The van der Waals surface area contributed by atoms with Crippen LogP contribution in [0.15, 0.2) is 48.1 Å². The van der Waals surface area contributed by atoms with Gasteiger partial charge in [0.25, 0.3) is 0 Å². The van der Waals surface area contributed by atoms with Gasteiger partial charge < -0.3 is 5.32 Å². The molecule has 1 aromatic carbocycles. The van der Waals surface area contributed by atoms with Crippen molar-refractivity contribution in [1.82, 2.24) is 9.97 Å². The molecule has 7 heteroatoms. The second kappa shape index (κ2) is 6.85. The molecule has 3 rings (SSSR count). The lowest BCUT2D eigenvalue weighted by Gasteiger charge is -2.05. The summed E-state index contributed by atoms with van der Waals surface area (Å²) in [6, 6.07) is 7.83. The zero-order valence-electron chi connectivity index (χ0n) is 11.8. The predicted molar refractivity (Wildman–Crippen MR) is 89.1 cm³/mol. The first-order chi connectivity index (χ1) is 11.1. The number of benzene rings is 1. The molecule has 0 saturated heterocycles. The first-order valence-electron chi connectivity index (χ1n) is 6.71. The fraction of sp³-hybridized carbons (Fsp3) is 0.0625. The second-order valence-electron chi connectivity index (χ2n) is 4.73. The summed E-state index contributed by atoms with van der Waals surface area (Å²) in [6.07, 6.45) is 3.47. The van der Waals surface area contributed by atoms with Gasteiger partial charge in [0.05, 0.1) is 17.8 Å². The Hall–Kier alpha value is -2.31. The molecule has 0 atom stereocenters. The van der Waals surface area contributed by atoms with Crippen molar-refractivity contribution in [3.63, 3.8) is 0 Å². The minimum atomic E-state index is -0.569. The molecule has 0 aliphatic rings. The number of thiazole rings is 1. The van der Waals surface area contributed by atoms with Gasteiger partial charge in [0.15, 0.2) is 0 Å². The van der Waals surface area contributed by atoms with Crippen molar-refractivity contribution in [2.45, 2.75) is 6.42 Å². The Morgan fingerprint density at radius 2 is 2.22 bits per heavy atom. The summed E-state index contributed by atoms with van der Waals surface area (Å²) in [5, 5.41) is 5.39. The van der Waals surface area contributed by atoms with Crippen molar-refractivity contribution >= 4 is 34.5 Å². The molecule has 23 heavy (non-hydrogen) atoms. The van der Waals surface area contributed by atoms with Gasteiger partial charge in [-0.25, -0.2) is 9.37 Å². The van der Waals surface area contributed by atoms with Gasteiger partial charge in [-0.15, -0.1) is 11.3 Å². The summed E-state index contributed by atoms with van der Waals surface area (Å²) in [5.74, 6) is -0.908. The van der Waals surface area contributed by atoms with Gasteiger partial charge in [-0.2, -0.15) is 0 Å². The highest BCUT2D eigenvalue weighted by Crippen LogP contribution is 2.23. The highest BCUT2D eigenvalue weighted by molar-refractivity contribution is 7.13. The summed E-state index contributed by atoms with van der Waals surface area (Å²) in [7, 11) is 0. The maximum Gasteiger partial charge on any atom is 0.230 e. The third-order valence-electron chi connectivity index (χ3n) is 3.01. The van der Waals surface area contributed by atoms with Crippen molar-refractivity contribution in [3.05, 3.63) is 64.6 Å². The first-order valence-corrected chi connectivity index (χ1v) is 7.97. The summed E-state index contributed by atoms with van der Waals surface area (Å²) in [6.45, 7) is 0. The Kier molecular flexibility index (Phi) is 4.64. The van der Waals surface area contributed by atoms with Gasteiger partial charge in [-0.05, 0) is 30.3 Å². The number of nitrogens with one attached hydrogen (secondary N) is 1. The molecule has 0 radical (unpaired) electrons. The van der Waals surface area contributed by atoms with Crippen molar-refractivity contribution in [2.24, 2.45) is 0 Å². The maximum absolute atomic E-state index is 13.7. The topological polar surface area (TPSA) is 54.9 Å². The van der Waals surface area contributed by atoms with E-state index in [9.17, 15) is 9.18 Å². The molecule has 0 aliphatic heterocycles. The number of pyridine rings is 1. The van der Waals surface area contributed by atoms with Crippen LogP contribution in [0.25, 0.3) is 10.6 Å². The number of rotatable bonds is 4. The van der Waals surface area contributed by atoms with E-state index in [0.29, 0.717) is 5.69 Å². The van der Waals surface area contributed by atoms with Crippen LogP contribution < -0.4 is 5.32 Å². The van der Waals surface area contributed by atoms with E-state index in [1.165, 1.54) is 23.5 Å². The standard InChI is InChI=1S/C16H11ClFN3OS/c17-11-3-4-14(13(18)6-11)21-15(22)7-12-9-23-16(20-12)10-2-1-5-19-8-10/h1-6,8-9H,7H2,(H,21,22). The minimum absolute atomic E-state index is 0.0683. The second-order valence-corrected chi connectivity index (χ2v) is 6.03. The predicted octanol–water partition coefficient (Wildman–Crippen LogP) is 4.18. The molecular formula is C16H11ClFN3OS. The SMILES string of the molecule is O=C(Cc1csc(-c2cccnc2)n1)Nc1ccc(Cl)cc1F. The van der Waals surface area contributed by atoms with Crippen LogP contribution in [0.5, 0.6) is 0 Å². The monoisotopic (exact) mass is 347 g/mol. The van der Waals surface area contributed by atoms with E-state index >= 15 is 0 Å². The number of hydrogen-bond acceptors (Lipinski definition) is 4. The lowest BCUT2D eigenvalue weighted by atomic mass is 10.2. The summed E-state index contributed by atoms with van der Waals surface area (Å²) in [4.78, 5) is 20.4. The quantitative estimate of drug-likeness (QED) is 0.770. The average molecular weight is 348 g/mol. The summed E-state index contributed by atoms with van der Waals surface area (Å²) < 4.78 is 13.7. The Bertz CT molecular complexity index is 838. The maximum atomic E-state index is 13.7. The van der Waals surface area contributed by atoms with Crippen molar-refractivity contribution in [1.29, 1.82) is 0 Å². The fourth-order valence-corrected chi connectivity index (χ4v) is 2.93. The molecule has 116 valence electrons. The van der Waals surface area contributed by atoms with Crippen molar-refractivity contribution in [3.8, 4) is 10.6 Å². The molecule has 3 aromatic rings. The number of carbonyl (C=O) groups excluding carboxylic acids is 1. The van der Waals surface area contributed by atoms with Crippen LogP contribution in [0.3, 0.4) is 0 Å². The van der Waals surface area contributed by atoms with Crippen LogP contribution in [-0.4, -0.2) is 15.9 Å². The smallest absolute Gasteiger partial charge is 0.230 e. The van der Waals surface area contributed by atoms with E-state index in [1.807, 2.05) is 12.1 Å². The lowest BCUT2D eigenvalue weighted by Crippen LogP contribution is -2.15. The van der Waals surface area contributed by atoms with Crippen LogP contribution in [0.4, 0.5) is 10.1 Å². The molecule has 0 aliphatic carbocycles. The zero-order valence-corrected chi connectivity index (χ0v) is 13.4. The van der Waals surface area contributed by atoms with Gasteiger partial charge in [-0.1, -0.05) is 11.6 Å². The van der Waals surface area contributed by atoms with Gasteiger partial charge in [0.2, 0.25) is 5.91 Å². The highest BCUT2D eigenvalue weighted by Gasteiger charge is 2.11. The molecule has 0 bridgehead atoms. The molecule has 1 N–H and O–H groups in total. The molecule has 1 amide bonds. The van der Waals surface area contributed by atoms with E-state index in [-0.39, 0.29) is 23.0 Å². The molecule has 0 saturated carbocycles. The van der Waals surface area contributed by atoms with Crippen molar-refractivity contribution < 1.29 is 9.18 Å². The molecule has 0 fully saturated rings. The van der Waals surface area contributed by atoms with Crippen molar-refractivity contribution in [2.75, 3.05) is 5.32 Å². The average Bonchev–Trinajstić information content (AvgIpc) is 2.99. The summed E-state index contributed by atoms with van der Waals surface area (Å²) in [5.41, 5.74) is 1.62. The van der Waals surface area contributed by atoms with E-state index in [0.717, 1.165) is 16.6 Å². The third kappa shape index (κ3) is 3.91. The highest BCUT2D eigenvalue weighted by atomic mass is 35.5. The van der Waals surface area contributed by atoms with E-state index in [1.54, 1.807) is 17.8 Å². The molecule has 4 nitrogen and oxygen atoms in total. The third-order valence-corrected chi connectivity index (χ3v) is 4.18. The van der Waals surface area contributed by atoms with Gasteiger partial charge in [-0.3, -0.25) is 9.78 Å². The van der Waals surface area contributed by atoms with E-state index in [2.05, 4.69) is 15.3 Å². The van der Waals surface area contributed by atoms with Crippen LogP contribution in [0.1, 0.15) is 5.69 Å². The number of amides is 1. The number of anilines is 1. The van der Waals surface area contributed by atoms with Crippen LogP contribution in [0.2, 0.25) is 5.02 Å². The molecular weight excluding hydrogens is 337 g/mol. The Morgan fingerprint density at radius 1 is 1.35 bits per heavy atom. The number of hydrogen-bond donors (Lipinski definition) is 1. The van der Waals surface area contributed by atoms with Gasteiger partial charge in [0.1, 0.15) is 10.8 Å². The Labute approximate surface area is 141 Å². The first kappa shape index (κ1) is 15.6. The number of halogens is 2. The van der Waals surface area contributed by atoms with Crippen LogP contribution >= 0.6 is 22.9 Å². The normalized spacial score (nSPS) is 10.5. The fourth-order valence-electron chi connectivity index (χ4n) is 1.96.